The minimum atomic E-state index is -0.639. The summed E-state index contributed by atoms with van der Waals surface area (Å²) in [6, 6.07) is 19.7. The van der Waals surface area contributed by atoms with Crippen LogP contribution in [0.2, 0.25) is 0 Å². The zero-order valence-corrected chi connectivity index (χ0v) is 21.7. The number of carbonyl (C=O) groups is 4. The summed E-state index contributed by atoms with van der Waals surface area (Å²) < 4.78 is 5.29. The van der Waals surface area contributed by atoms with Crippen LogP contribution in [0.15, 0.2) is 66.7 Å². The number of hydrogen-bond acceptors (Lipinski definition) is 6. The van der Waals surface area contributed by atoms with E-state index in [9.17, 15) is 19.2 Å². The molecular weight excluding hydrogens is 492 g/mol. The molecule has 0 radical (unpaired) electrons. The summed E-state index contributed by atoms with van der Waals surface area (Å²) in [4.78, 5) is 52.2. The maximum absolute atomic E-state index is 13.0. The summed E-state index contributed by atoms with van der Waals surface area (Å²) in [7, 11) is 0. The number of nitrogens with zero attached hydrogens (tertiary/aromatic N) is 1. The molecule has 1 heterocycles. The van der Waals surface area contributed by atoms with Crippen LogP contribution in [0.1, 0.15) is 70.4 Å². The molecule has 0 bridgehead atoms. The number of amides is 2. The van der Waals surface area contributed by atoms with Crippen LogP contribution in [0.3, 0.4) is 0 Å². The number of nitrogens with one attached hydrogen (secondary N) is 1. The number of fused-ring (bicyclic) bond motifs is 3. The Bertz CT molecular complexity index is 1460. The molecule has 1 saturated heterocycles. The molecule has 6 rings (SSSR count). The van der Waals surface area contributed by atoms with Gasteiger partial charge in [-0.25, -0.2) is 9.69 Å². The lowest BCUT2D eigenvalue weighted by Gasteiger charge is -2.25. The molecule has 0 spiro atoms. The van der Waals surface area contributed by atoms with Gasteiger partial charge in [-0.1, -0.05) is 55.7 Å². The minimum Gasteiger partial charge on any atom is -0.454 e. The van der Waals surface area contributed by atoms with Crippen molar-refractivity contribution >= 4 is 29.3 Å². The van der Waals surface area contributed by atoms with E-state index < -0.39 is 12.0 Å². The van der Waals surface area contributed by atoms with Gasteiger partial charge in [-0.15, -0.1) is 0 Å². The molecular formula is C32H30N2O5. The number of benzene rings is 3. The summed E-state index contributed by atoms with van der Waals surface area (Å²) in [5, 5.41) is 3.37. The van der Waals surface area contributed by atoms with Gasteiger partial charge in [-0.2, -0.15) is 0 Å². The maximum Gasteiger partial charge on any atom is 0.338 e. The molecule has 2 aliphatic carbocycles. The second kappa shape index (κ2) is 10.6. The zero-order valence-electron chi connectivity index (χ0n) is 21.7. The number of carbonyl (C=O) groups excluding carboxylic acids is 4. The lowest BCUT2D eigenvalue weighted by molar-refractivity contribution is -0.121. The lowest BCUT2D eigenvalue weighted by atomic mass is 9.95. The van der Waals surface area contributed by atoms with E-state index in [2.05, 4.69) is 17.4 Å². The van der Waals surface area contributed by atoms with E-state index in [1.165, 1.54) is 34.6 Å². The average molecular weight is 523 g/mol. The highest BCUT2D eigenvalue weighted by Gasteiger charge is 2.40. The highest BCUT2D eigenvalue weighted by Crippen LogP contribution is 2.36. The highest BCUT2D eigenvalue weighted by molar-refractivity contribution is 6.22. The van der Waals surface area contributed by atoms with E-state index in [1.54, 1.807) is 18.2 Å². The predicted octanol–water partition coefficient (Wildman–Crippen LogP) is 4.85. The van der Waals surface area contributed by atoms with Crippen LogP contribution >= 0.6 is 0 Å². The fourth-order valence-electron chi connectivity index (χ4n) is 5.95. The van der Waals surface area contributed by atoms with Gasteiger partial charge in [0.1, 0.15) is 0 Å². The molecule has 3 aromatic carbocycles. The molecule has 2 amide bonds. The Balaban J connectivity index is 1.05. The summed E-state index contributed by atoms with van der Waals surface area (Å²) in [5.74, 6) is -1.43. The first-order valence-electron chi connectivity index (χ1n) is 13.6. The zero-order chi connectivity index (χ0) is 26.9. The van der Waals surface area contributed by atoms with Crippen molar-refractivity contribution in [1.82, 2.24) is 5.32 Å². The molecule has 198 valence electrons. The first-order valence-corrected chi connectivity index (χ1v) is 13.6. The number of hydrogen-bond donors (Lipinski definition) is 1. The Labute approximate surface area is 227 Å². The Kier molecular flexibility index (Phi) is 6.83. The van der Waals surface area contributed by atoms with Crippen molar-refractivity contribution in [3.8, 4) is 11.1 Å². The van der Waals surface area contributed by atoms with E-state index in [0.29, 0.717) is 11.3 Å². The van der Waals surface area contributed by atoms with Crippen LogP contribution < -0.4 is 10.2 Å². The standard InChI is InChI=1S/C32H30N2O5/c35-29(22-12-15-27-23(17-22)16-21-6-4-5-9-26(21)27)19-39-32(38)20-10-13-25(14-11-20)34-30(36)18-28(31(34)37)33-24-7-2-1-3-8-24/h4-6,9-15,17,24,28,33H,1-3,7-8,16,18-19H2. The van der Waals surface area contributed by atoms with Crippen molar-refractivity contribution in [2.45, 2.75) is 57.0 Å². The number of ether oxygens (including phenoxy) is 1. The van der Waals surface area contributed by atoms with Gasteiger partial charge in [0.05, 0.1) is 23.7 Å². The van der Waals surface area contributed by atoms with Gasteiger partial charge in [-0.05, 0) is 71.8 Å². The molecule has 1 unspecified atom stereocenters. The monoisotopic (exact) mass is 522 g/mol. The first-order chi connectivity index (χ1) is 19.0. The van der Waals surface area contributed by atoms with Crippen molar-refractivity contribution in [2.75, 3.05) is 11.5 Å². The molecule has 7 nitrogen and oxygen atoms in total. The largest absolute Gasteiger partial charge is 0.454 e. The van der Waals surface area contributed by atoms with Crippen LogP contribution in [-0.4, -0.2) is 42.3 Å². The van der Waals surface area contributed by atoms with E-state index in [1.807, 2.05) is 24.3 Å². The Hall–Kier alpha value is -4.10. The number of esters is 1. The SMILES string of the molecule is O=C(COC(=O)c1ccc(N2C(=O)CC(NC3CCCCC3)C2=O)cc1)c1ccc2c(c1)Cc1ccccc1-2. The molecule has 1 atom stereocenters. The molecule has 7 heteroatoms. The topological polar surface area (TPSA) is 92.8 Å². The molecule has 1 aliphatic heterocycles. The van der Waals surface area contributed by atoms with Crippen molar-refractivity contribution in [3.63, 3.8) is 0 Å². The van der Waals surface area contributed by atoms with Gasteiger partial charge < -0.3 is 10.1 Å². The summed E-state index contributed by atoms with van der Waals surface area (Å²) in [5.41, 5.74) is 5.82. The molecule has 1 saturated carbocycles. The van der Waals surface area contributed by atoms with Crippen molar-refractivity contribution in [1.29, 1.82) is 0 Å². The van der Waals surface area contributed by atoms with Crippen LogP contribution in [0.25, 0.3) is 11.1 Å². The second-order valence-corrected chi connectivity index (χ2v) is 10.6. The van der Waals surface area contributed by atoms with Crippen molar-refractivity contribution < 1.29 is 23.9 Å². The van der Waals surface area contributed by atoms with E-state index in [4.69, 9.17) is 4.74 Å². The first kappa shape index (κ1) is 25.2. The molecule has 3 aromatic rings. The van der Waals surface area contributed by atoms with Gasteiger partial charge in [0, 0.05) is 11.6 Å². The normalized spacial score (nSPS) is 18.7. The smallest absolute Gasteiger partial charge is 0.338 e. The molecule has 2 fully saturated rings. The van der Waals surface area contributed by atoms with Crippen LogP contribution in [-0.2, 0) is 20.7 Å². The molecule has 0 aromatic heterocycles. The van der Waals surface area contributed by atoms with Gasteiger partial charge in [0.15, 0.2) is 12.4 Å². The highest BCUT2D eigenvalue weighted by atomic mass is 16.5. The second-order valence-electron chi connectivity index (χ2n) is 10.6. The Morgan fingerprint density at radius 2 is 1.56 bits per heavy atom. The minimum absolute atomic E-state index is 0.135. The third-order valence-electron chi connectivity index (χ3n) is 8.00. The Morgan fingerprint density at radius 3 is 2.36 bits per heavy atom. The lowest BCUT2D eigenvalue weighted by Crippen LogP contribution is -2.44. The third-order valence-corrected chi connectivity index (χ3v) is 8.00. The van der Waals surface area contributed by atoms with Gasteiger partial charge in [-0.3, -0.25) is 14.4 Å². The number of ketones is 1. The number of imide groups is 1. The van der Waals surface area contributed by atoms with Crippen LogP contribution in [0, 0.1) is 0 Å². The summed E-state index contributed by atoms with van der Waals surface area (Å²) >= 11 is 0. The van der Waals surface area contributed by atoms with Crippen molar-refractivity contribution in [2.24, 2.45) is 0 Å². The van der Waals surface area contributed by atoms with Gasteiger partial charge in [0.25, 0.3) is 5.91 Å². The number of rotatable bonds is 7. The molecule has 1 N–H and O–H groups in total. The quantitative estimate of drug-likeness (QED) is 0.212. The average Bonchev–Trinajstić information content (AvgIpc) is 3.47. The number of anilines is 1. The van der Waals surface area contributed by atoms with Crippen molar-refractivity contribution in [3.05, 3.63) is 89.0 Å². The van der Waals surface area contributed by atoms with E-state index >= 15 is 0 Å². The Morgan fingerprint density at radius 1 is 0.846 bits per heavy atom. The van der Waals surface area contributed by atoms with Gasteiger partial charge in [0.2, 0.25) is 5.91 Å². The molecule has 39 heavy (non-hydrogen) atoms. The fourth-order valence-corrected chi connectivity index (χ4v) is 5.95. The fraction of sp³-hybridized carbons (Fsp3) is 0.312. The van der Waals surface area contributed by atoms with E-state index in [0.717, 1.165) is 43.2 Å². The molecule has 3 aliphatic rings. The third kappa shape index (κ3) is 5.02. The number of Topliss-reactive ketones (excluding diaryl/α,β-unsaturated/α-hetero) is 1. The van der Waals surface area contributed by atoms with Gasteiger partial charge >= 0.3 is 5.97 Å². The maximum atomic E-state index is 13.0. The predicted molar refractivity (Wildman–Crippen MR) is 147 cm³/mol. The summed E-state index contributed by atoms with van der Waals surface area (Å²) in [6.45, 7) is -0.371. The van der Waals surface area contributed by atoms with Crippen LogP contribution in [0.4, 0.5) is 5.69 Å². The van der Waals surface area contributed by atoms with Crippen LogP contribution in [0.5, 0.6) is 0 Å². The van der Waals surface area contributed by atoms with E-state index in [-0.39, 0.29) is 42.2 Å². The summed E-state index contributed by atoms with van der Waals surface area (Å²) in [6.07, 6.45) is 6.46.